The Kier molecular flexibility index (Phi) is 7.43. The van der Waals surface area contributed by atoms with Crippen molar-refractivity contribution in [1.82, 2.24) is 4.98 Å². The first-order valence-electron chi connectivity index (χ1n) is 6.46. The molecule has 92 valence electrons. The van der Waals surface area contributed by atoms with Crippen LogP contribution in [-0.2, 0) is 6.42 Å². The van der Waals surface area contributed by atoms with Gasteiger partial charge < -0.3 is 5.73 Å². The molecule has 0 aromatic carbocycles. The molecule has 2 N–H and O–H groups in total. The van der Waals surface area contributed by atoms with Crippen LogP contribution in [0.3, 0.4) is 0 Å². The topological polar surface area (TPSA) is 38.9 Å². The van der Waals surface area contributed by atoms with Gasteiger partial charge in [-0.25, -0.2) is 0 Å². The molecule has 1 rings (SSSR count). The molecule has 3 heteroatoms. The Bertz CT molecular complexity index is 246. The number of thiazole rings is 1. The van der Waals surface area contributed by atoms with Gasteiger partial charge in [0.25, 0.3) is 0 Å². The predicted molar refractivity (Wildman–Crippen MR) is 71.8 cm³/mol. The fourth-order valence-electron chi connectivity index (χ4n) is 1.89. The molecule has 0 aliphatic heterocycles. The van der Waals surface area contributed by atoms with Crippen molar-refractivity contribution >= 4 is 11.3 Å². The van der Waals surface area contributed by atoms with Gasteiger partial charge in [0.05, 0.1) is 5.51 Å². The van der Waals surface area contributed by atoms with Gasteiger partial charge in [0.2, 0.25) is 0 Å². The van der Waals surface area contributed by atoms with E-state index in [1.807, 2.05) is 11.7 Å². The fourth-order valence-corrected chi connectivity index (χ4v) is 2.58. The van der Waals surface area contributed by atoms with Crippen molar-refractivity contribution in [2.75, 3.05) is 0 Å². The van der Waals surface area contributed by atoms with E-state index < -0.39 is 0 Å². The number of aromatic nitrogens is 1. The molecular weight excluding hydrogens is 216 g/mol. The van der Waals surface area contributed by atoms with E-state index >= 15 is 0 Å². The van der Waals surface area contributed by atoms with Gasteiger partial charge in [0.15, 0.2) is 0 Å². The lowest BCUT2D eigenvalue weighted by Crippen LogP contribution is -2.22. The molecule has 0 amide bonds. The van der Waals surface area contributed by atoms with Crippen LogP contribution < -0.4 is 5.73 Å². The molecule has 2 nitrogen and oxygen atoms in total. The van der Waals surface area contributed by atoms with Crippen molar-refractivity contribution in [2.24, 2.45) is 5.73 Å². The molecule has 0 spiro atoms. The molecule has 1 heterocycles. The molecule has 16 heavy (non-hydrogen) atoms. The second kappa shape index (κ2) is 8.71. The van der Waals surface area contributed by atoms with Crippen molar-refractivity contribution < 1.29 is 0 Å². The molecule has 1 aromatic heterocycles. The van der Waals surface area contributed by atoms with E-state index in [0.29, 0.717) is 6.04 Å². The highest BCUT2D eigenvalue weighted by Crippen LogP contribution is 2.12. The molecule has 0 saturated heterocycles. The molecule has 0 fully saturated rings. The maximum Gasteiger partial charge on any atom is 0.0794 e. The van der Waals surface area contributed by atoms with Gasteiger partial charge in [0.1, 0.15) is 0 Å². The summed E-state index contributed by atoms with van der Waals surface area (Å²) in [6.45, 7) is 2.25. The lowest BCUT2D eigenvalue weighted by Gasteiger charge is -2.09. The smallest absolute Gasteiger partial charge is 0.0794 e. The lowest BCUT2D eigenvalue weighted by molar-refractivity contribution is 0.534. The zero-order valence-corrected chi connectivity index (χ0v) is 11.1. The van der Waals surface area contributed by atoms with Gasteiger partial charge in [-0.1, -0.05) is 45.4 Å². The minimum Gasteiger partial charge on any atom is -0.327 e. The Hall–Kier alpha value is -0.410. The van der Waals surface area contributed by atoms with E-state index in [2.05, 4.69) is 11.9 Å². The number of hydrogen-bond donors (Lipinski definition) is 1. The Morgan fingerprint density at radius 2 is 2.00 bits per heavy atom. The summed E-state index contributed by atoms with van der Waals surface area (Å²) in [6, 6.07) is 0.326. The van der Waals surface area contributed by atoms with Crippen LogP contribution >= 0.6 is 11.3 Å². The van der Waals surface area contributed by atoms with E-state index in [1.54, 1.807) is 11.3 Å². The average molecular weight is 240 g/mol. The minimum absolute atomic E-state index is 0.326. The number of rotatable bonds is 9. The molecule has 0 saturated carbocycles. The van der Waals surface area contributed by atoms with E-state index in [4.69, 9.17) is 5.73 Å². The molecule has 0 radical (unpaired) electrons. The van der Waals surface area contributed by atoms with Gasteiger partial charge >= 0.3 is 0 Å². The van der Waals surface area contributed by atoms with Gasteiger partial charge in [-0.15, -0.1) is 11.3 Å². The van der Waals surface area contributed by atoms with Crippen LogP contribution in [0.4, 0.5) is 0 Å². The lowest BCUT2D eigenvalue weighted by atomic mass is 10.0. The molecule has 1 aromatic rings. The summed E-state index contributed by atoms with van der Waals surface area (Å²) < 4.78 is 0. The van der Waals surface area contributed by atoms with E-state index in [0.717, 1.165) is 12.8 Å². The van der Waals surface area contributed by atoms with E-state index in [1.165, 1.54) is 43.4 Å². The van der Waals surface area contributed by atoms with Crippen LogP contribution in [0.1, 0.15) is 56.7 Å². The predicted octanol–water partition coefficient (Wildman–Crippen LogP) is 3.76. The zero-order chi connectivity index (χ0) is 11.6. The Balaban J connectivity index is 1.96. The van der Waals surface area contributed by atoms with Gasteiger partial charge in [0, 0.05) is 17.1 Å². The van der Waals surface area contributed by atoms with Gasteiger partial charge in [-0.05, 0) is 12.8 Å². The van der Waals surface area contributed by atoms with Crippen LogP contribution in [0.15, 0.2) is 11.7 Å². The SMILES string of the molecule is CCCCCCCCC(N)Cc1cncs1. The zero-order valence-electron chi connectivity index (χ0n) is 10.3. The van der Waals surface area contributed by atoms with Crippen molar-refractivity contribution in [3.8, 4) is 0 Å². The van der Waals surface area contributed by atoms with Gasteiger partial charge in [-0.3, -0.25) is 4.98 Å². The first-order valence-corrected chi connectivity index (χ1v) is 7.34. The molecule has 1 unspecified atom stereocenters. The first kappa shape index (κ1) is 13.7. The molecule has 0 bridgehead atoms. The second-order valence-corrected chi connectivity index (χ2v) is 5.46. The summed E-state index contributed by atoms with van der Waals surface area (Å²) in [4.78, 5) is 5.39. The third kappa shape index (κ3) is 6.23. The number of hydrogen-bond acceptors (Lipinski definition) is 3. The number of unbranched alkanes of at least 4 members (excludes halogenated alkanes) is 5. The summed E-state index contributed by atoms with van der Waals surface area (Å²) in [5.41, 5.74) is 7.97. The van der Waals surface area contributed by atoms with Crippen molar-refractivity contribution in [2.45, 2.75) is 64.3 Å². The monoisotopic (exact) mass is 240 g/mol. The summed E-state index contributed by atoms with van der Waals surface area (Å²) in [5.74, 6) is 0. The second-order valence-electron chi connectivity index (χ2n) is 4.49. The maximum atomic E-state index is 6.08. The molecule has 0 aliphatic rings. The summed E-state index contributed by atoms with van der Waals surface area (Å²) >= 11 is 1.71. The fraction of sp³-hybridized carbons (Fsp3) is 0.769. The van der Waals surface area contributed by atoms with Crippen molar-refractivity contribution in [3.05, 3.63) is 16.6 Å². The number of nitrogens with two attached hydrogens (primary N) is 1. The quantitative estimate of drug-likeness (QED) is 0.667. The third-order valence-corrected chi connectivity index (χ3v) is 3.68. The Morgan fingerprint density at radius 1 is 1.25 bits per heavy atom. The molecule has 1 atom stereocenters. The Morgan fingerprint density at radius 3 is 2.69 bits per heavy atom. The van der Waals surface area contributed by atoms with Crippen LogP contribution in [-0.4, -0.2) is 11.0 Å². The maximum absolute atomic E-state index is 6.08. The number of nitrogens with zero attached hydrogens (tertiary/aromatic N) is 1. The van der Waals surface area contributed by atoms with Crippen molar-refractivity contribution in [3.63, 3.8) is 0 Å². The highest BCUT2D eigenvalue weighted by molar-refractivity contribution is 7.09. The molecular formula is C13H24N2S. The highest BCUT2D eigenvalue weighted by atomic mass is 32.1. The van der Waals surface area contributed by atoms with Gasteiger partial charge in [-0.2, -0.15) is 0 Å². The third-order valence-electron chi connectivity index (χ3n) is 2.88. The van der Waals surface area contributed by atoms with Crippen LogP contribution in [0.5, 0.6) is 0 Å². The van der Waals surface area contributed by atoms with Crippen LogP contribution in [0.2, 0.25) is 0 Å². The minimum atomic E-state index is 0.326. The first-order chi connectivity index (χ1) is 7.83. The largest absolute Gasteiger partial charge is 0.327 e. The normalized spacial score (nSPS) is 12.9. The van der Waals surface area contributed by atoms with E-state index in [9.17, 15) is 0 Å². The van der Waals surface area contributed by atoms with Crippen LogP contribution in [0.25, 0.3) is 0 Å². The van der Waals surface area contributed by atoms with Crippen molar-refractivity contribution in [1.29, 1.82) is 0 Å². The summed E-state index contributed by atoms with van der Waals surface area (Å²) in [7, 11) is 0. The average Bonchev–Trinajstić information content (AvgIpc) is 2.76. The highest BCUT2D eigenvalue weighted by Gasteiger charge is 2.04. The Labute approximate surface area is 103 Å². The molecule has 0 aliphatic carbocycles. The summed E-state index contributed by atoms with van der Waals surface area (Å²) in [6.07, 6.45) is 12.2. The van der Waals surface area contributed by atoms with E-state index in [-0.39, 0.29) is 0 Å². The van der Waals surface area contributed by atoms with Crippen LogP contribution in [0, 0.1) is 0 Å². The summed E-state index contributed by atoms with van der Waals surface area (Å²) in [5, 5.41) is 0. The standard InChI is InChI=1S/C13H24N2S/c1-2-3-4-5-6-7-8-12(14)9-13-10-15-11-16-13/h10-12H,2-9,14H2,1H3.